The zero-order chi connectivity index (χ0) is 43.0. The molecule has 7 N–H and O–H groups in total. The van der Waals surface area contributed by atoms with Gasteiger partial charge in [0.2, 0.25) is 35.4 Å². The number of hydrogen-bond acceptors (Lipinski definition) is 9. The molecule has 320 valence electrons. The van der Waals surface area contributed by atoms with Gasteiger partial charge in [0.25, 0.3) is 5.91 Å². The second kappa shape index (κ2) is 20.1. The average molecular weight is 817 g/mol. The highest BCUT2D eigenvalue weighted by Crippen LogP contribution is 2.27. The van der Waals surface area contributed by atoms with E-state index < -0.39 is 95.7 Å². The van der Waals surface area contributed by atoms with Gasteiger partial charge in [-0.3, -0.25) is 33.6 Å². The SMILES string of the molecule is CC(C)C[C@@H]1NC(=O)[C@@H]2CCC[C@H]2NC(=O)[C@H](C)NC(=O)C2C[C@@H](NC(=O)c3ccc(CN(C)C)cc3)CN2C(=O)[C@H](Cc2ccccc2)NC(=O)[C@H]([C@@H](C)O)NC1=O. The highest BCUT2D eigenvalue weighted by atomic mass is 16.3. The van der Waals surface area contributed by atoms with Gasteiger partial charge in [-0.1, -0.05) is 62.7 Å². The maximum Gasteiger partial charge on any atom is 0.251 e. The van der Waals surface area contributed by atoms with Crippen LogP contribution in [-0.4, -0.2) is 125 Å². The smallest absolute Gasteiger partial charge is 0.251 e. The summed E-state index contributed by atoms with van der Waals surface area (Å²) in [5.74, 6) is -4.88. The fraction of sp³-hybridized carbons (Fsp3) is 0.558. The monoisotopic (exact) mass is 816 g/mol. The number of hydrogen-bond donors (Lipinski definition) is 7. The molecule has 0 bridgehead atoms. The van der Waals surface area contributed by atoms with E-state index in [1.165, 1.54) is 18.7 Å². The third-order valence-corrected chi connectivity index (χ3v) is 11.2. The summed E-state index contributed by atoms with van der Waals surface area (Å²) in [6.07, 6.45) is 0.422. The van der Waals surface area contributed by atoms with Crippen molar-refractivity contribution in [2.45, 2.75) is 121 Å². The van der Waals surface area contributed by atoms with Gasteiger partial charge in [-0.05, 0) is 82.8 Å². The Morgan fingerprint density at radius 2 is 1.47 bits per heavy atom. The molecule has 2 heterocycles. The van der Waals surface area contributed by atoms with E-state index in [-0.39, 0.29) is 31.7 Å². The normalized spacial score (nSPS) is 27.9. The van der Waals surface area contributed by atoms with E-state index in [1.54, 1.807) is 42.5 Å². The summed E-state index contributed by atoms with van der Waals surface area (Å²) in [5, 5.41) is 27.7. The van der Waals surface area contributed by atoms with Crippen LogP contribution in [0.4, 0.5) is 0 Å². The Balaban J connectivity index is 1.49. The van der Waals surface area contributed by atoms with Crippen LogP contribution in [0.3, 0.4) is 0 Å². The largest absolute Gasteiger partial charge is 0.391 e. The molecule has 16 heteroatoms. The quantitative estimate of drug-likeness (QED) is 0.186. The van der Waals surface area contributed by atoms with E-state index in [0.29, 0.717) is 36.9 Å². The third-order valence-electron chi connectivity index (χ3n) is 11.2. The summed E-state index contributed by atoms with van der Waals surface area (Å²) in [7, 11) is 3.89. The minimum Gasteiger partial charge on any atom is -0.391 e. The number of fused-ring (bicyclic) bond motifs is 2. The van der Waals surface area contributed by atoms with Crippen LogP contribution in [-0.2, 0) is 41.7 Å². The molecule has 0 aromatic heterocycles. The fourth-order valence-corrected chi connectivity index (χ4v) is 8.11. The molecule has 59 heavy (non-hydrogen) atoms. The number of aliphatic hydroxyl groups excluding tert-OH is 1. The number of aliphatic hydroxyl groups is 1. The molecule has 2 aliphatic heterocycles. The molecule has 9 atom stereocenters. The van der Waals surface area contributed by atoms with E-state index in [1.807, 2.05) is 45.0 Å². The van der Waals surface area contributed by atoms with Crippen LogP contribution in [0.5, 0.6) is 0 Å². The first kappa shape index (κ1) is 44.7. The summed E-state index contributed by atoms with van der Waals surface area (Å²) in [6.45, 7) is 7.21. The lowest BCUT2D eigenvalue weighted by Crippen LogP contribution is -2.61. The minimum atomic E-state index is -1.52. The molecule has 1 aliphatic carbocycles. The number of rotatable bonds is 9. The Morgan fingerprint density at radius 3 is 2.12 bits per heavy atom. The number of benzene rings is 2. The van der Waals surface area contributed by atoms with E-state index in [0.717, 1.165) is 5.56 Å². The van der Waals surface area contributed by atoms with E-state index >= 15 is 0 Å². The lowest BCUT2D eigenvalue weighted by Gasteiger charge is -2.31. The van der Waals surface area contributed by atoms with Gasteiger partial charge in [0.05, 0.1) is 12.0 Å². The van der Waals surface area contributed by atoms with Crippen molar-refractivity contribution in [2.24, 2.45) is 11.8 Å². The van der Waals surface area contributed by atoms with E-state index in [2.05, 4.69) is 31.9 Å². The zero-order valence-electron chi connectivity index (χ0n) is 34.8. The molecule has 7 amide bonds. The predicted octanol–water partition coefficient (Wildman–Crippen LogP) is 0.375. The number of carbonyl (C=O) groups is 7. The van der Waals surface area contributed by atoms with Gasteiger partial charge in [-0.2, -0.15) is 0 Å². The second-order valence-electron chi connectivity index (χ2n) is 16.9. The first-order valence-corrected chi connectivity index (χ1v) is 20.6. The molecule has 3 fully saturated rings. The van der Waals surface area contributed by atoms with Crippen molar-refractivity contribution in [1.82, 2.24) is 41.7 Å². The highest BCUT2D eigenvalue weighted by Gasteiger charge is 2.45. The molecule has 0 radical (unpaired) electrons. The van der Waals surface area contributed by atoms with Gasteiger partial charge in [0, 0.05) is 37.2 Å². The second-order valence-corrected chi connectivity index (χ2v) is 16.9. The van der Waals surface area contributed by atoms with Gasteiger partial charge < -0.3 is 46.8 Å². The van der Waals surface area contributed by atoms with Crippen molar-refractivity contribution < 1.29 is 38.7 Å². The van der Waals surface area contributed by atoms with Crippen molar-refractivity contribution in [3.63, 3.8) is 0 Å². The number of nitrogens with zero attached hydrogens (tertiary/aromatic N) is 2. The third kappa shape index (κ3) is 11.9. The molecule has 5 rings (SSSR count). The van der Waals surface area contributed by atoms with Gasteiger partial charge in [0.1, 0.15) is 30.2 Å². The number of nitrogens with one attached hydrogen (secondary N) is 6. The topological polar surface area (TPSA) is 218 Å². The summed E-state index contributed by atoms with van der Waals surface area (Å²) >= 11 is 0. The average Bonchev–Trinajstić information content (AvgIpc) is 3.83. The molecule has 3 aliphatic rings. The Kier molecular flexibility index (Phi) is 15.2. The first-order chi connectivity index (χ1) is 28.0. The molecule has 2 saturated heterocycles. The lowest BCUT2D eigenvalue weighted by atomic mass is 9.98. The Hall–Kier alpha value is -5.35. The summed E-state index contributed by atoms with van der Waals surface area (Å²) in [5.41, 5.74) is 2.09. The van der Waals surface area contributed by atoms with Crippen molar-refractivity contribution in [1.29, 1.82) is 0 Å². The van der Waals surface area contributed by atoms with Crippen LogP contribution >= 0.6 is 0 Å². The molecular weight excluding hydrogens is 757 g/mol. The fourth-order valence-electron chi connectivity index (χ4n) is 8.11. The van der Waals surface area contributed by atoms with Crippen molar-refractivity contribution in [2.75, 3.05) is 20.6 Å². The summed E-state index contributed by atoms with van der Waals surface area (Å²) < 4.78 is 0. The van der Waals surface area contributed by atoms with E-state index in [4.69, 9.17) is 0 Å². The first-order valence-electron chi connectivity index (χ1n) is 20.6. The maximum atomic E-state index is 14.7. The molecule has 2 aromatic rings. The Bertz CT molecular complexity index is 1840. The van der Waals surface area contributed by atoms with Crippen LogP contribution in [0.15, 0.2) is 54.6 Å². The van der Waals surface area contributed by atoms with Gasteiger partial charge >= 0.3 is 0 Å². The Labute approximate surface area is 346 Å². The molecule has 2 aromatic carbocycles. The molecule has 1 unspecified atom stereocenters. The molecule has 0 spiro atoms. The van der Waals surface area contributed by atoms with Gasteiger partial charge in [0.15, 0.2) is 0 Å². The van der Waals surface area contributed by atoms with Gasteiger partial charge in [-0.15, -0.1) is 0 Å². The number of amides is 7. The van der Waals surface area contributed by atoms with Gasteiger partial charge in [-0.25, -0.2) is 0 Å². The predicted molar refractivity (Wildman–Crippen MR) is 219 cm³/mol. The summed E-state index contributed by atoms with van der Waals surface area (Å²) in [4.78, 5) is 101. The van der Waals surface area contributed by atoms with Crippen molar-refractivity contribution >= 4 is 41.4 Å². The molecule has 16 nitrogen and oxygen atoms in total. The van der Waals surface area contributed by atoms with Crippen LogP contribution < -0.4 is 31.9 Å². The zero-order valence-corrected chi connectivity index (χ0v) is 34.8. The van der Waals surface area contributed by atoms with Crippen molar-refractivity contribution in [3.05, 3.63) is 71.3 Å². The van der Waals surface area contributed by atoms with Crippen molar-refractivity contribution in [3.8, 4) is 0 Å². The molecular formula is C43H60N8O8. The Morgan fingerprint density at radius 1 is 0.797 bits per heavy atom. The maximum absolute atomic E-state index is 14.7. The van der Waals surface area contributed by atoms with Crippen LogP contribution in [0, 0.1) is 11.8 Å². The lowest BCUT2D eigenvalue weighted by molar-refractivity contribution is -0.143. The minimum absolute atomic E-state index is 0.0107. The van der Waals surface area contributed by atoms with Crippen LogP contribution in [0.1, 0.15) is 81.3 Å². The van der Waals surface area contributed by atoms with Crippen LogP contribution in [0.2, 0.25) is 0 Å². The van der Waals surface area contributed by atoms with Crippen LogP contribution in [0.25, 0.3) is 0 Å². The number of carbonyl (C=O) groups excluding carboxylic acids is 7. The standard InChI is InChI=1S/C43H60N8O8/c1-24(2)19-33-40(56)49-36(26(4)52)42(58)48-34(20-27-11-8-7-9-12-27)43(59)51-23-30(45-38(54)29-17-15-28(16-18-29)22-50(5)6)21-35(51)41(57)44-25(3)37(53)46-32-14-10-13-31(32)39(55)47-33/h7-9,11-12,15-18,24-26,30-36,52H,10,13-14,19-23H2,1-6H3,(H,44,57)(H,45,54)(H,46,53)(H,47,55)(H,48,58)(H,49,56)/t25-,26+,30+,31+,32+,33-,34-,35?,36-/m0/s1. The highest BCUT2D eigenvalue weighted by molar-refractivity contribution is 5.98. The molecule has 1 saturated carbocycles. The summed E-state index contributed by atoms with van der Waals surface area (Å²) in [6, 6.07) is 8.70. The van der Waals surface area contributed by atoms with E-state index in [9.17, 15) is 38.7 Å².